The van der Waals surface area contributed by atoms with Gasteiger partial charge in [0.25, 0.3) is 0 Å². The fourth-order valence-corrected chi connectivity index (χ4v) is 3.58. The minimum absolute atomic E-state index is 0.105. The van der Waals surface area contributed by atoms with Gasteiger partial charge in [-0.1, -0.05) is 18.2 Å². The van der Waals surface area contributed by atoms with Crippen LogP contribution in [0.4, 0.5) is 8.78 Å². The molecule has 0 amide bonds. The highest BCUT2D eigenvalue weighted by atomic mass is 32.2. The number of halogens is 2. The highest BCUT2D eigenvalue weighted by Crippen LogP contribution is 2.32. The molecule has 0 saturated carbocycles. The third kappa shape index (κ3) is 3.51. The second-order valence-corrected chi connectivity index (χ2v) is 7.08. The van der Waals surface area contributed by atoms with E-state index < -0.39 is 22.9 Å². The summed E-state index contributed by atoms with van der Waals surface area (Å²) in [5, 5.41) is 9.23. The van der Waals surface area contributed by atoms with Crippen LogP contribution in [0.15, 0.2) is 42.7 Å². The molecule has 2 heterocycles. The van der Waals surface area contributed by atoms with Gasteiger partial charge in [0, 0.05) is 34.8 Å². The lowest BCUT2D eigenvalue weighted by Crippen LogP contribution is -2.18. The molecule has 0 aliphatic heterocycles. The second kappa shape index (κ2) is 7.70. The van der Waals surface area contributed by atoms with Gasteiger partial charge in [-0.3, -0.25) is 9.31 Å². The fourth-order valence-electron chi connectivity index (χ4n) is 3.27. The summed E-state index contributed by atoms with van der Waals surface area (Å²) in [4.78, 5) is 4.27. The zero-order chi connectivity index (χ0) is 19.7. The molecule has 0 fully saturated rings. The van der Waals surface area contributed by atoms with E-state index in [2.05, 4.69) is 19.9 Å². The Hall–Kier alpha value is -2.75. The van der Waals surface area contributed by atoms with Gasteiger partial charge in [-0.15, -0.1) is 0 Å². The predicted octanol–water partition coefficient (Wildman–Crippen LogP) is 3.37. The lowest BCUT2D eigenvalue weighted by Gasteiger charge is -2.12. The first-order chi connectivity index (χ1) is 13.5. The Morgan fingerprint density at radius 1 is 1.14 bits per heavy atom. The van der Waals surface area contributed by atoms with Crippen LogP contribution in [0.25, 0.3) is 32.9 Å². The maximum atomic E-state index is 15.0. The lowest BCUT2D eigenvalue weighted by atomic mass is 9.97. The van der Waals surface area contributed by atoms with E-state index in [-0.39, 0.29) is 18.5 Å². The molecule has 1 atom stereocenters. The van der Waals surface area contributed by atoms with Crippen LogP contribution >= 0.6 is 0 Å². The average molecular weight is 401 g/mol. The van der Waals surface area contributed by atoms with E-state index in [9.17, 15) is 17.5 Å². The Morgan fingerprint density at radius 2 is 2.00 bits per heavy atom. The third-order valence-corrected chi connectivity index (χ3v) is 5.04. The van der Waals surface area contributed by atoms with Crippen LogP contribution in [-0.4, -0.2) is 30.5 Å². The van der Waals surface area contributed by atoms with Gasteiger partial charge in [0.2, 0.25) is 0 Å². The molecule has 4 aromatic rings. The van der Waals surface area contributed by atoms with Crippen molar-refractivity contribution in [2.24, 2.45) is 0 Å². The molecule has 144 valence electrons. The van der Waals surface area contributed by atoms with Crippen LogP contribution in [0, 0.1) is 11.6 Å². The van der Waals surface area contributed by atoms with Gasteiger partial charge in [-0.05, 0) is 41.5 Å². The molecule has 1 unspecified atom stereocenters. The Bertz CT molecular complexity index is 1200. The molecule has 0 aliphatic rings. The van der Waals surface area contributed by atoms with Crippen molar-refractivity contribution in [3.63, 3.8) is 0 Å². The van der Waals surface area contributed by atoms with E-state index in [1.54, 1.807) is 30.6 Å². The van der Waals surface area contributed by atoms with Crippen molar-refractivity contribution in [2.45, 2.75) is 12.8 Å². The van der Waals surface area contributed by atoms with Crippen molar-refractivity contribution < 1.29 is 17.5 Å². The first kappa shape index (κ1) is 18.6. The minimum Gasteiger partial charge on any atom is -0.760 e. The molecule has 0 spiro atoms. The Balaban J connectivity index is 1.70. The lowest BCUT2D eigenvalue weighted by molar-refractivity contribution is 0.520. The molecule has 0 bridgehead atoms. The summed E-state index contributed by atoms with van der Waals surface area (Å²) >= 11 is -2.35. The van der Waals surface area contributed by atoms with E-state index in [0.29, 0.717) is 23.2 Å². The number of aromatic nitrogens is 3. The van der Waals surface area contributed by atoms with Crippen molar-refractivity contribution in [3.8, 4) is 11.1 Å². The number of aromatic amines is 1. The van der Waals surface area contributed by atoms with Gasteiger partial charge in [0.1, 0.15) is 11.6 Å². The molecule has 0 radical (unpaired) electrons. The molecule has 2 N–H and O–H groups in total. The first-order valence-electron chi connectivity index (χ1n) is 8.56. The monoisotopic (exact) mass is 401 g/mol. The van der Waals surface area contributed by atoms with Crippen molar-refractivity contribution in [3.05, 3.63) is 59.9 Å². The summed E-state index contributed by atoms with van der Waals surface area (Å²) in [7, 11) is 0. The van der Waals surface area contributed by atoms with E-state index in [4.69, 9.17) is 0 Å². The van der Waals surface area contributed by atoms with Crippen LogP contribution in [0.3, 0.4) is 0 Å². The van der Waals surface area contributed by atoms with Gasteiger partial charge in [-0.25, -0.2) is 18.5 Å². The average Bonchev–Trinajstić information content (AvgIpc) is 3.15. The summed E-state index contributed by atoms with van der Waals surface area (Å²) in [5.74, 6) is -1.29. The second-order valence-electron chi connectivity index (χ2n) is 6.32. The molecule has 28 heavy (non-hydrogen) atoms. The van der Waals surface area contributed by atoms with Gasteiger partial charge in [-0.2, -0.15) is 5.10 Å². The molecular formula is C19H15F2N4O2S-. The van der Waals surface area contributed by atoms with Gasteiger partial charge >= 0.3 is 0 Å². The normalized spacial score (nSPS) is 12.7. The van der Waals surface area contributed by atoms with Crippen LogP contribution < -0.4 is 4.72 Å². The zero-order valence-electron chi connectivity index (χ0n) is 14.5. The molecule has 4 rings (SSSR count). The van der Waals surface area contributed by atoms with Gasteiger partial charge in [0.15, 0.2) is 5.65 Å². The summed E-state index contributed by atoms with van der Waals surface area (Å²) < 4.78 is 52.7. The third-order valence-electron chi connectivity index (χ3n) is 4.60. The smallest absolute Gasteiger partial charge is 0.155 e. The first-order valence-corrected chi connectivity index (χ1v) is 9.64. The number of H-pyrrole nitrogens is 1. The minimum atomic E-state index is -2.35. The summed E-state index contributed by atoms with van der Waals surface area (Å²) in [6.07, 6.45) is 3.98. The van der Waals surface area contributed by atoms with E-state index >= 15 is 0 Å². The number of rotatable bonds is 6. The van der Waals surface area contributed by atoms with E-state index in [0.717, 1.165) is 16.2 Å². The Morgan fingerprint density at radius 3 is 2.82 bits per heavy atom. The summed E-state index contributed by atoms with van der Waals surface area (Å²) in [5.41, 5.74) is 1.28. The Labute approximate surface area is 161 Å². The van der Waals surface area contributed by atoms with E-state index in [1.165, 1.54) is 12.1 Å². The molecule has 0 saturated heterocycles. The number of nitrogens with one attached hydrogen (secondary N) is 2. The standard InChI is InChI=1S/C19H16F2N4O2S/c20-16-6-4-11(2-1-7-24-28(26)27)18(21)17(16)12-3-5-14-13(8-12)9-22-19-15(14)10-23-25-19/h3-6,8-10,24H,1-2,7H2,(H,26,27)(H,22,23,25)/p-1. The van der Waals surface area contributed by atoms with Crippen molar-refractivity contribution in [1.82, 2.24) is 19.9 Å². The van der Waals surface area contributed by atoms with E-state index in [1.807, 2.05) is 0 Å². The number of hydrogen-bond donors (Lipinski definition) is 2. The molecule has 0 aliphatic carbocycles. The number of pyridine rings is 1. The molecule has 6 nitrogen and oxygen atoms in total. The van der Waals surface area contributed by atoms with Crippen LogP contribution in [-0.2, 0) is 17.7 Å². The number of nitrogens with zero attached hydrogens (tertiary/aromatic N) is 2. The van der Waals surface area contributed by atoms with Gasteiger partial charge in [0.05, 0.1) is 11.8 Å². The van der Waals surface area contributed by atoms with Crippen LogP contribution in [0.1, 0.15) is 12.0 Å². The number of hydrogen-bond acceptors (Lipinski definition) is 4. The Kier molecular flexibility index (Phi) is 5.12. The molecule has 9 heteroatoms. The highest BCUT2D eigenvalue weighted by Gasteiger charge is 2.16. The van der Waals surface area contributed by atoms with Gasteiger partial charge < -0.3 is 4.55 Å². The molecule has 2 aromatic carbocycles. The van der Waals surface area contributed by atoms with Crippen molar-refractivity contribution in [2.75, 3.05) is 6.54 Å². The number of benzene rings is 2. The zero-order valence-corrected chi connectivity index (χ0v) is 15.4. The molecular weight excluding hydrogens is 386 g/mol. The summed E-state index contributed by atoms with van der Waals surface area (Å²) in [6, 6.07) is 7.78. The summed E-state index contributed by atoms with van der Waals surface area (Å²) in [6.45, 7) is 0.185. The maximum Gasteiger partial charge on any atom is 0.155 e. The largest absolute Gasteiger partial charge is 0.760 e. The number of fused-ring (bicyclic) bond motifs is 3. The topological polar surface area (TPSA) is 93.7 Å². The highest BCUT2D eigenvalue weighted by molar-refractivity contribution is 7.77. The maximum absolute atomic E-state index is 15.0. The quantitative estimate of drug-likeness (QED) is 0.383. The fraction of sp³-hybridized carbons (Fsp3) is 0.158. The predicted molar refractivity (Wildman–Crippen MR) is 102 cm³/mol. The molecule has 2 aromatic heterocycles. The van der Waals surface area contributed by atoms with Crippen molar-refractivity contribution in [1.29, 1.82) is 0 Å². The van der Waals surface area contributed by atoms with Crippen LogP contribution in [0.2, 0.25) is 0 Å². The number of aryl methyl sites for hydroxylation is 1. The SMILES string of the molecule is O=S([O-])NCCCc1ccc(F)c(-c2ccc3c(cnc4[nH]ncc43)c2)c1F. The van der Waals surface area contributed by atoms with Crippen molar-refractivity contribution >= 4 is 33.1 Å². The van der Waals surface area contributed by atoms with Crippen LogP contribution in [0.5, 0.6) is 0 Å².